The molecule has 29 heavy (non-hydrogen) atoms. The van der Waals surface area contributed by atoms with Gasteiger partial charge in [-0.05, 0) is 79.0 Å². The summed E-state index contributed by atoms with van der Waals surface area (Å²) in [7, 11) is -3.53. The molecule has 1 saturated carbocycles. The van der Waals surface area contributed by atoms with E-state index < -0.39 is 21.3 Å². The van der Waals surface area contributed by atoms with Gasteiger partial charge in [-0.25, -0.2) is 4.79 Å². The molecule has 1 aromatic rings. The number of anilines is 1. The molecule has 1 heterocycles. The van der Waals surface area contributed by atoms with Crippen LogP contribution in [0.15, 0.2) is 6.07 Å². The smallest absolute Gasteiger partial charge is 0.297 e. The number of primary amides is 1. The van der Waals surface area contributed by atoms with Gasteiger partial charge in [-0.1, -0.05) is 19.9 Å². The van der Waals surface area contributed by atoms with Crippen molar-refractivity contribution in [3.05, 3.63) is 28.3 Å². The van der Waals surface area contributed by atoms with Crippen molar-refractivity contribution in [2.45, 2.75) is 76.5 Å². The predicted molar refractivity (Wildman–Crippen MR) is 113 cm³/mol. The van der Waals surface area contributed by atoms with E-state index in [9.17, 15) is 13.2 Å². The Morgan fingerprint density at radius 3 is 2.21 bits per heavy atom. The van der Waals surface area contributed by atoms with Crippen LogP contribution >= 0.6 is 0 Å². The average Bonchev–Trinajstić information content (AvgIpc) is 3.19. The number of carbonyl (C=O) groups excluding carboxylic acids is 1. The first-order valence-electron chi connectivity index (χ1n) is 11.0. The maximum Gasteiger partial charge on any atom is 0.433 e. The summed E-state index contributed by atoms with van der Waals surface area (Å²) in [6, 6.07) is 2.34. The van der Waals surface area contributed by atoms with Crippen molar-refractivity contribution < 1.29 is 17.9 Å². The van der Waals surface area contributed by atoms with Crippen LogP contribution in [-0.4, -0.2) is 43.7 Å². The van der Waals surface area contributed by atoms with Crippen LogP contribution in [0.4, 0.5) is 10.5 Å². The SMILES string of the molecule is CC1(C)CC(N2CC(S(=O)(=O)[NH2+]C(=O)Nc3c4c(cc5c3CCC5)CCC4)C2)C1. The molecule has 158 valence electrons. The lowest BCUT2D eigenvalue weighted by Crippen LogP contribution is -2.95. The van der Waals surface area contributed by atoms with E-state index in [-0.39, 0.29) is 0 Å². The van der Waals surface area contributed by atoms with Crippen LogP contribution in [-0.2, 0) is 35.7 Å². The number of fused-ring (bicyclic) bond motifs is 2. The summed E-state index contributed by atoms with van der Waals surface area (Å²) in [5.74, 6) is 0. The van der Waals surface area contributed by atoms with Crippen molar-refractivity contribution in [2.24, 2.45) is 5.41 Å². The van der Waals surface area contributed by atoms with E-state index in [1.165, 1.54) is 22.3 Å². The fourth-order valence-electron chi connectivity index (χ4n) is 5.81. The fourth-order valence-corrected chi connectivity index (χ4v) is 7.16. The minimum absolute atomic E-state index is 0.386. The van der Waals surface area contributed by atoms with E-state index in [0.717, 1.165) is 61.8 Å². The minimum atomic E-state index is -3.53. The summed E-state index contributed by atoms with van der Waals surface area (Å²) >= 11 is 0. The number of hydrogen-bond acceptors (Lipinski definition) is 4. The van der Waals surface area contributed by atoms with Crippen LogP contribution in [0.2, 0.25) is 0 Å². The van der Waals surface area contributed by atoms with Gasteiger partial charge < -0.3 is 0 Å². The van der Waals surface area contributed by atoms with Crippen LogP contribution < -0.4 is 10.0 Å². The normalized spacial score (nSPS) is 23.9. The van der Waals surface area contributed by atoms with Crippen molar-refractivity contribution in [3.8, 4) is 0 Å². The van der Waals surface area contributed by atoms with Crippen LogP contribution in [0, 0.1) is 5.41 Å². The zero-order valence-electron chi connectivity index (χ0n) is 17.5. The molecule has 0 spiro atoms. The highest BCUT2D eigenvalue weighted by Gasteiger charge is 2.48. The molecule has 4 aliphatic rings. The number of hydrogen-bond donors (Lipinski definition) is 2. The first-order chi connectivity index (χ1) is 13.7. The molecular formula is C22H32N3O3S+. The fraction of sp³-hybridized carbons (Fsp3) is 0.682. The number of primary sulfonamides is 1. The van der Waals surface area contributed by atoms with Crippen LogP contribution in [0.5, 0.6) is 0 Å². The van der Waals surface area contributed by atoms with E-state index in [1.54, 1.807) is 0 Å². The van der Waals surface area contributed by atoms with Gasteiger partial charge in [0.15, 0.2) is 0 Å². The summed E-state index contributed by atoms with van der Waals surface area (Å²) in [6.45, 7) is 5.63. The Bertz CT molecular complexity index is 924. The number of nitrogens with two attached hydrogens (primary N) is 1. The number of carbonyl (C=O) groups is 1. The molecule has 7 heteroatoms. The number of nitrogens with one attached hydrogen (secondary N) is 1. The number of likely N-dealkylation sites (tertiary alicyclic amines) is 1. The van der Waals surface area contributed by atoms with Crippen molar-refractivity contribution in [1.29, 1.82) is 0 Å². The summed E-state index contributed by atoms with van der Waals surface area (Å²) in [5.41, 5.74) is 6.43. The number of amides is 2. The van der Waals surface area contributed by atoms with Gasteiger partial charge >= 0.3 is 16.1 Å². The first-order valence-corrected chi connectivity index (χ1v) is 12.6. The summed E-state index contributed by atoms with van der Waals surface area (Å²) in [6.07, 6.45) is 8.55. The van der Waals surface area contributed by atoms with Gasteiger partial charge in [0.25, 0.3) is 0 Å². The lowest BCUT2D eigenvalue weighted by molar-refractivity contribution is -0.381. The Balaban J connectivity index is 1.23. The van der Waals surface area contributed by atoms with Crippen LogP contribution in [0.25, 0.3) is 0 Å². The molecule has 2 fully saturated rings. The van der Waals surface area contributed by atoms with Crippen molar-refractivity contribution in [1.82, 2.24) is 4.90 Å². The summed E-state index contributed by atoms with van der Waals surface area (Å²) in [5, 5.41) is 2.54. The number of benzene rings is 1. The molecule has 3 aliphatic carbocycles. The number of rotatable bonds is 4. The van der Waals surface area contributed by atoms with Gasteiger partial charge in [-0.15, -0.1) is 0 Å². The molecule has 0 radical (unpaired) electrons. The van der Waals surface area contributed by atoms with Gasteiger partial charge in [-0.2, -0.15) is 13.1 Å². The number of sulfonamides is 1. The molecule has 1 aliphatic heterocycles. The van der Waals surface area contributed by atoms with Crippen molar-refractivity contribution in [2.75, 3.05) is 18.4 Å². The standard InChI is InChI=1S/C22H31N3O3S/c1-22(2)10-16(11-22)25-12-17(13-25)29(27,28)24-21(26)23-20-18-7-3-5-14(18)9-15-6-4-8-19(15)20/h9,16-17H,3-8,10-13H2,1-2H3,(H2,23,24,26)/p+1. The third-order valence-electron chi connectivity index (χ3n) is 7.43. The third kappa shape index (κ3) is 3.51. The molecule has 0 aromatic heterocycles. The second-order valence-electron chi connectivity index (χ2n) is 10.2. The predicted octanol–water partition coefficient (Wildman–Crippen LogP) is 1.96. The Hall–Kier alpha value is -1.44. The molecular weight excluding hydrogens is 386 g/mol. The molecule has 5 rings (SSSR count). The first kappa shape index (κ1) is 19.5. The molecule has 1 aromatic carbocycles. The lowest BCUT2D eigenvalue weighted by atomic mass is 9.67. The van der Waals surface area contributed by atoms with E-state index in [0.29, 0.717) is 24.5 Å². The molecule has 0 atom stereocenters. The largest absolute Gasteiger partial charge is 0.433 e. The number of quaternary nitrogens is 1. The highest BCUT2D eigenvalue weighted by atomic mass is 32.2. The number of urea groups is 1. The average molecular weight is 419 g/mol. The molecule has 0 unspecified atom stereocenters. The molecule has 0 bridgehead atoms. The van der Waals surface area contributed by atoms with E-state index >= 15 is 0 Å². The maximum atomic E-state index is 12.7. The van der Waals surface area contributed by atoms with Gasteiger partial charge in [0.2, 0.25) is 0 Å². The molecule has 1 saturated heterocycles. The van der Waals surface area contributed by atoms with E-state index in [2.05, 4.69) is 30.1 Å². The third-order valence-corrected chi connectivity index (χ3v) is 9.20. The highest BCUT2D eigenvalue weighted by Crippen LogP contribution is 2.44. The second-order valence-corrected chi connectivity index (χ2v) is 12.3. The zero-order chi connectivity index (χ0) is 20.4. The Kier molecular flexibility index (Phi) is 4.57. The number of aryl methyl sites for hydroxylation is 2. The van der Waals surface area contributed by atoms with Gasteiger partial charge in [0.1, 0.15) is 5.25 Å². The molecule has 3 N–H and O–H groups in total. The summed E-state index contributed by atoms with van der Waals surface area (Å²) < 4.78 is 26.4. The van der Waals surface area contributed by atoms with Crippen molar-refractivity contribution in [3.63, 3.8) is 0 Å². The van der Waals surface area contributed by atoms with Gasteiger partial charge in [0.05, 0.1) is 5.69 Å². The Morgan fingerprint density at radius 1 is 1.07 bits per heavy atom. The highest BCUT2D eigenvalue weighted by molar-refractivity contribution is 7.85. The molecule has 6 nitrogen and oxygen atoms in total. The summed E-state index contributed by atoms with van der Waals surface area (Å²) in [4.78, 5) is 14.9. The van der Waals surface area contributed by atoms with Gasteiger partial charge in [-0.3, -0.25) is 10.2 Å². The lowest BCUT2D eigenvalue weighted by Gasteiger charge is -2.53. The van der Waals surface area contributed by atoms with Crippen molar-refractivity contribution >= 4 is 21.7 Å². The topological polar surface area (TPSA) is 83.1 Å². The zero-order valence-corrected chi connectivity index (χ0v) is 18.3. The second kappa shape index (κ2) is 6.79. The maximum absolute atomic E-state index is 12.7. The van der Waals surface area contributed by atoms with E-state index in [1.807, 2.05) is 0 Å². The number of nitrogens with zero attached hydrogens (tertiary/aromatic N) is 1. The van der Waals surface area contributed by atoms with Gasteiger partial charge in [0, 0.05) is 19.1 Å². The quantitative estimate of drug-likeness (QED) is 0.783. The van der Waals surface area contributed by atoms with Crippen LogP contribution in [0.3, 0.4) is 0 Å². The monoisotopic (exact) mass is 418 g/mol. The molecule has 2 amide bonds. The Morgan fingerprint density at radius 2 is 1.66 bits per heavy atom. The van der Waals surface area contributed by atoms with Crippen LogP contribution in [0.1, 0.15) is 61.8 Å². The minimum Gasteiger partial charge on any atom is -0.297 e. The Labute approximate surface area is 173 Å². The van der Waals surface area contributed by atoms with E-state index in [4.69, 9.17) is 0 Å².